The molecule has 0 saturated heterocycles. The average molecular weight is 156 g/mol. The van der Waals surface area contributed by atoms with Gasteiger partial charge < -0.3 is 4.74 Å². The van der Waals surface area contributed by atoms with E-state index in [0.717, 1.165) is 0 Å². The second kappa shape index (κ2) is 2.82. The SMILES string of the molecule is COC(=O)C1C(=O)CCC1=O. The summed E-state index contributed by atoms with van der Waals surface area (Å²) < 4.78 is 4.29. The van der Waals surface area contributed by atoms with E-state index in [0.29, 0.717) is 0 Å². The minimum Gasteiger partial charge on any atom is -0.468 e. The number of carbonyl (C=O) groups is 3. The topological polar surface area (TPSA) is 60.4 Å². The van der Waals surface area contributed by atoms with Gasteiger partial charge in [-0.25, -0.2) is 0 Å². The lowest BCUT2D eigenvalue weighted by molar-refractivity contribution is -0.150. The van der Waals surface area contributed by atoms with Crippen LogP contribution in [-0.4, -0.2) is 24.6 Å². The number of esters is 1. The summed E-state index contributed by atoms with van der Waals surface area (Å²) in [4.78, 5) is 32.5. The highest BCUT2D eigenvalue weighted by molar-refractivity contribution is 6.21. The van der Waals surface area contributed by atoms with Crippen LogP contribution < -0.4 is 0 Å². The number of ether oxygens (including phenoxy) is 1. The molecule has 0 heterocycles. The minimum absolute atomic E-state index is 0.179. The molecule has 1 rings (SSSR count). The Kier molecular flexibility index (Phi) is 2.03. The van der Waals surface area contributed by atoms with Crippen molar-refractivity contribution in [3.63, 3.8) is 0 Å². The Hall–Kier alpha value is -1.19. The normalized spacial score (nSPS) is 19.0. The molecule has 0 amide bonds. The van der Waals surface area contributed by atoms with Gasteiger partial charge in [-0.3, -0.25) is 14.4 Å². The first-order chi connectivity index (χ1) is 5.16. The number of hydrogen-bond donors (Lipinski definition) is 0. The number of Topliss-reactive ketones (excluding diaryl/α,β-unsaturated/α-hetero) is 2. The van der Waals surface area contributed by atoms with Gasteiger partial charge in [-0.2, -0.15) is 0 Å². The van der Waals surface area contributed by atoms with Gasteiger partial charge in [-0.1, -0.05) is 0 Å². The Labute approximate surface area is 63.5 Å². The molecule has 1 aliphatic carbocycles. The first-order valence-electron chi connectivity index (χ1n) is 3.30. The maximum atomic E-state index is 10.9. The van der Waals surface area contributed by atoms with Gasteiger partial charge in [0.25, 0.3) is 0 Å². The molecule has 1 saturated carbocycles. The van der Waals surface area contributed by atoms with Crippen LogP contribution in [0.3, 0.4) is 0 Å². The van der Waals surface area contributed by atoms with E-state index in [9.17, 15) is 14.4 Å². The van der Waals surface area contributed by atoms with Crippen molar-refractivity contribution in [3.05, 3.63) is 0 Å². The summed E-state index contributed by atoms with van der Waals surface area (Å²) in [7, 11) is 1.17. The third-order valence-electron chi connectivity index (χ3n) is 1.70. The number of ketones is 2. The van der Waals surface area contributed by atoms with Crippen molar-refractivity contribution in [3.8, 4) is 0 Å². The van der Waals surface area contributed by atoms with Crippen molar-refractivity contribution in [2.75, 3.05) is 7.11 Å². The highest BCUT2D eigenvalue weighted by atomic mass is 16.5. The third kappa shape index (κ3) is 1.29. The molecule has 60 valence electrons. The maximum absolute atomic E-state index is 10.9. The summed E-state index contributed by atoms with van der Waals surface area (Å²) in [6.07, 6.45) is 0.358. The highest BCUT2D eigenvalue weighted by Gasteiger charge is 2.39. The Bertz CT molecular complexity index is 202. The zero-order valence-electron chi connectivity index (χ0n) is 6.12. The van der Waals surface area contributed by atoms with Crippen molar-refractivity contribution < 1.29 is 19.1 Å². The predicted molar refractivity (Wildman–Crippen MR) is 34.8 cm³/mol. The van der Waals surface area contributed by atoms with E-state index in [1.165, 1.54) is 7.11 Å². The lowest BCUT2D eigenvalue weighted by Gasteiger charge is -2.01. The molecule has 0 aliphatic heterocycles. The molecule has 0 aromatic carbocycles. The van der Waals surface area contributed by atoms with Crippen LogP contribution in [0.5, 0.6) is 0 Å². The first-order valence-corrected chi connectivity index (χ1v) is 3.30. The molecule has 1 fully saturated rings. The van der Waals surface area contributed by atoms with Gasteiger partial charge in [0.2, 0.25) is 0 Å². The zero-order chi connectivity index (χ0) is 8.43. The van der Waals surface area contributed by atoms with Crippen LogP contribution in [0.15, 0.2) is 0 Å². The summed E-state index contributed by atoms with van der Waals surface area (Å²) in [5.41, 5.74) is 0. The van der Waals surface area contributed by atoms with Gasteiger partial charge in [0.05, 0.1) is 7.11 Å². The standard InChI is InChI=1S/C7H8O4/c1-11-7(10)6-4(8)2-3-5(6)9/h6H,2-3H2,1H3. The van der Waals surface area contributed by atoms with E-state index in [2.05, 4.69) is 4.74 Å². The number of hydrogen-bond acceptors (Lipinski definition) is 4. The maximum Gasteiger partial charge on any atom is 0.323 e. The molecule has 1 aliphatic rings. The molecule has 0 atom stereocenters. The van der Waals surface area contributed by atoms with Crippen LogP contribution >= 0.6 is 0 Å². The van der Waals surface area contributed by atoms with E-state index in [1.807, 2.05) is 0 Å². The molecule has 4 heteroatoms. The Balaban J connectivity index is 2.76. The Morgan fingerprint density at radius 1 is 1.36 bits per heavy atom. The van der Waals surface area contributed by atoms with Crippen LogP contribution in [0, 0.1) is 5.92 Å². The van der Waals surface area contributed by atoms with E-state index in [-0.39, 0.29) is 24.4 Å². The van der Waals surface area contributed by atoms with Gasteiger partial charge in [0.1, 0.15) is 0 Å². The molecule has 0 radical (unpaired) electrons. The van der Waals surface area contributed by atoms with Crippen molar-refractivity contribution in [1.82, 2.24) is 0 Å². The smallest absolute Gasteiger partial charge is 0.323 e. The van der Waals surface area contributed by atoms with Gasteiger partial charge >= 0.3 is 5.97 Å². The van der Waals surface area contributed by atoms with Gasteiger partial charge in [-0.15, -0.1) is 0 Å². The van der Waals surface area contributed by atoms with E-state index >= 15 is 0 Å². The Morgan fingerprint density at radius 3 is 2.18 bits per heavy atom. The molecular formula is C7H8O4. The van der Waals surface area contributed by atoms with Crippen molar-refractivity contribution in [2.45, 2.75) is 12.8 Å². The minimum atomic E-state index is -1.13. The quantitative estimate of drug-likeness (QED) is 0.386. The van der Waals surface area contributed by atoms with E-state index < -0.39 is 11.9 Å². The fourth-order valence-corrected chi connectivity index (χ4v) is 1.10. The van der Waals surface area contributed by atoms with E-state index in [4.69, 9.17) is 0 Å². The lowest BCUT2D eigenvalue weighted by Crippen LogP contribution is -2.25. The van der Waals surface area contributed by atoms with Crippen LogP contribution in [0.1, 0.15) is 12.8 Å². The second-order valence-electron chi connectivity index (χ2n) is 2.39. The van der Waals surface area contributed by atoms with Gasteiger partial charge in [0, 0.05) is 12.8 Å². The number of methoxy groups -OCH3 is 1. The van der Waals surface area contributed by atoms with Crippen LogP contribution in [0.2, 0.25) is 0 Å². The molecule has 0 unspecified atom stereocenters. The predicted octanol–water partition coefficient (Wildman–Crippen LogP) is -0.292. The largest absolute Gasteiger partial charge is 0.468 e. The first kappa shape index (κ1) is 7.91. The van der Waals surface area contributed by atoms with Crippen LogP contribution in [0.4, 0.5) is 0 Å². The molecule has 0 aromatic heterocycles. The summed E-state index contributed by atoms with van der Waals surface area (Å²) in [6, 6.07) is 0. The zero-order valence-corrected chi connectivity index (χ0v) is 6.12. The Morgan fingerprint density at radius 2 is 1.82 bits per heavy atom. The van der Waals surface area contributed by atoms with Crippen LogP contribution in [0.25, 0.3) is 0 Å². The average Bonchev–Trinajstić information content (AvgIpc) is 2.30. The lowest BCUT2D eigenvalue weighted by atomic mass is 10.1. The fraction of sp³-hybridized carbons (Fsp3) is 0.571. The monoisotopic (exact) mass is 156 g/mol. The fourth-order valence-electron chi connectivity index (χ4n) is 1.10. The number of rotatable bonds is 1. The highest BCUT2D eigenvalue weighted by Crippen LogP contribution is 2.18. The third-order valence-corrected chi connectivity index (χ3v) is 1.70. The van der Waals surface area contributed by atoms with Gasteiger partial charge in [-0.05, 0) is 0 Å². The van der Waals surface area contributed by atoms with Crippen molar-refractivity contribution >= 4 is 17.5 Å². The molecular weight excluding hydrogens is 148 g/mol. The molecule has 0 spiro atoms. The summed E-state index contributed by atoms with van der Waals surface area (Å²) in [5.74, 6) is -2.49. The van der Waals surface area contributed by atoms with Crippen molar-refractivity contribution in [2.24, 2.45) is 5.92 Å². The summed E-state index contributed by atoms with van der Waals surface area (Å²) >= 11 is 0. The van der Waals surface area contributed by atoms with Gasteiger partial charge in [0.15, 0.2) is 17.5 Å². The number of carbonyl (C=O) groups excluding carboxylic acids is 3. The summed E-state index contributed by atoms with van der Waals surface area (Å²) in [6.45, 7) is 0. The summed E-state index contributed by atoms with van der Waals surface area (Å²) in [5, 5.41) is 0. The molecule has 0 bridgehead atoms. The van der Waals surface area contributed by atoms with Crippen molar-refractivity contribution in [1.29, 1.82) is 0 Å². The van der Waals surface area contributed by atoms with Crippen LogP contribution in [-0.2, 0) is 19.1 Å². The second-order valence-corrected chi connectivity index (χ2v) is 2.39. The molecule has 4 nitrogen and oxygen atoms in total. The molecule has 0 N–H and O–H groups in total. The molecule has 0 aromatic rings. The molecule has 11 heavy (non-hydrogen) atoms. The van der Waals surface area contributed by atoms with E-state index in [1.54, 1.807) is 0 Å².